The number of hydrogen-bond acceptors (Lipinski definition) is 8. The molecule has 0 N–H and O–H groups in total. The smallest absolute Gasteiger partial charge is 0.338 e. The van der Waals surface area contributed by atoms with Crippen LogP contribution in [0.2, 0.25) is 0 Å². The number of ether oxygens (including phenoxy) is 2. The van der Waals surface area contributed by atoms with Gasteiger partial charge in [0.05, 0.1) is 28.5 Å². The van der Waals surface area contributed by atoms with Gasteiger partial charge in [-0.3, -0.25) is 9.36 Å². The first kappa shape index (κ1) is 24.3. The van der Waals surface area contributed by atoms with E-state index < -0.39 is 12.0 Å². The highest BCUT2D eigenvalue weighted by Gasteiger charge is 2.33. The molecule has 2 aromatic heterocycles. The molecule has 0 aliphatic carbocycles. The Morgan fingerprint density at radius 3 is 2.63 bits per heavy atom. The third-order valence-electron chi connectivity index (χ3n) is 5.41. The minimum Gasteiger partial charge on any atom is -0.490 e. The number of furan rings is 1. The second-order valence-electron chi connectivity index (χ2n) is 8.04. The number of thiazole rings is 1. The molecule has 0 unspecified atom stereocenters. The van der Waals surface area contributed by atoms with E-state index in [2.05, 4.69) is 11.6 Å². The Balaban J connectivity index is 1.86. The molecule has 4 rings (SSSR count). The molecule has 0 amide bonds. The van der Waals surface area contributed by atoms with Crippen LogP contribution in [0.1, 0.15) is 31.2 Å². The normalized spacial score (nSPS) is 15.4. The molecule has 0 fully saturated rings. The van der Waals surface area contributed by atoms with Gasteiger partial charge in [-0.1, -0.05) is 36.1 Å². The van der Waals surface area contributed by atoms with Crippen LogP contribution < -0.4 is 24.5 Å². The standard InChI is InChI=1S/C26H27N3O5S/c1-6-14-33-18-10-8-17(9-11-18)23-22(25(31)32-7-2)16(3)27-26-29(23)24(30)20(35-26)15-19-12-13-21(34-19)28(4)5/h6,8-13,15,23H,1,7,14H2,2-5H3/b20-15-/t23-/m1/s1. The predicted octanol–water partition coefficient (Wildman–Crippen LogP) is 3.02. The lowest BCUT2D eigenvalue weighted by Gasteiger charge is -2.24. The molecule has 0 saturated carbocycles. The zero-order valence-electron chi connectivity index (χ0n) is 20.1. The highest BCUT2D eigenvalue weighted by molar-refractivity contribution is 7.07. The van der Waals surface area contributed by atoms with Gasteiger partial charge in [0.25, 0.3) is 5.56 Å². The van der Waals surface area contributed by atoms with E-state index in [1.807, 2.05) is 43.3 Å². The summed E-state index contributed by atoms with van der Waals surface area (Å²) in [7, 11) is 3.76. The van der Waals surface area contributed by atoms with Crippen LogP contribution in [0.5, 0.6) is 5.75 Å². The number of nitrogens with zero attached hydrogens (tertiary/aromatic N) is 3. The summed E-state index contributed by atoms with van der Waals surface area (Å²) in [6.07, 6.45) is 3.36. The van der Waals surface area contributed by atoms with Crippen LogP contribution in [-0.2, 0) is 9.53 Å². The van der Waals surface area contributed by atoms with Crippen molar-refractivity contribution in [3.8, 4) is 5.75 Å². The number of esters is 1. The van der Waals surface area contributed by atoms with Crippen LogP contribution in [0.25, 0.3) is 6.08 Å². The first-order valence-corrected chi connectivity index (χ1v) is 12.0. The van der Waals surface area contributed by atoms with E-state index in [1.54, 1.807) is 42.7 Å². The van der Waals surface area contributed by atoms with Crippen LogP contribution >= 0.6 is 11.3 Å². The lowest BCUT2D eigenvalue weighted by molar-refractivity contribution is -0.139. The van der Waals surface area contributed by atoms with Gasteiger partial charge in [-0.2, -0.15) is 0 Å². The van der Waals surface area contributed by atoms with E-state index >= 15 is 0 Å². The maximum absolute atomic E-state index is 13.6. The summed E-state index contributed by atoms with van der Waals surface area (Å²) >= 11 is 1.25. The summed E-state index contributed by atoms with van der Waals surface area (Å²) in [6, 6.07) is 10.3. The van der Waals surface area contributed by atoms with Crippen LogP contribution in [0.3, 0.4) is 0 Å². The number of carbonyl (C=O) groups excluding carboxylic acids is 1. The van der Waals surface area contributed by atoms with E-state index in [4.69, 9.17) is 13.9 Å². The Bertz CT molecular complexity index is 1460. The topological polar surface area (TPSA) is 86.3 Å². The molecule has 0 radical (unpaired) electrons. The number of hydrogen-bond donors (Lipinski definition) is 0. The van der Waals surface area contributed by atoms with Gasteiger partial charge in [0.15, 0.2) is 10.7 Å². The molecule has 1 aromatic carbocycles. The molecule has 9 heteroatoms. The van der Waals surface area contributed by atoms with Crippen molar-refractivity contribution >= 4 is 29.3 Å². The number of allylic oxidation sites excluding steroid dienone is 1. The van der Waals surface area contributed by atoms with Gasteiger partial charge in [-0.05, 0) is 37.6 Å². The van der Waals surface area contributed by atoms with E-state index in [0.717, 1.165) is 5.56 Å². The van der Waals surface area contributed by atoms with Crippen molar-refractivity contribution in [3.63, 3.8) is 0 Å². The molecular formula is C26H27N3O5S. The SMILES string of the molecule is C=CCOc1ccc([C@@H]2C(C(=O)OCC)=C(C)N=c3s/c(=C\c4ccc(N(C)C)o4)c(=O)n32)cc1. The Kier molecular flexibility index (Phi) is 7.07. The molecule has 0 saturated heterocycles. The Labute approximate surface area is 206 Å². The highest BCUT2D eigenvalue weighted by atomic mass is 32.1. The van der Waals surface area contributed by atoms with Gasteiger partial charge in [0.1, 0.15) is 18.1 Å². The Morgan fingerprint density at radius 2 is 2.00 bits per heavy atom. The van der Waals surface area contributed by atoms with Gasteiger partial charge in [-0.15, -0.1) is 0 Å². The first-order chi connectivity index (χ1) is 16.8. The minimum atomic E-state index is -0.685. The van der Waals surface area contributed by atoms with E-state index in [9.17, 15) is 9.59 Å². The monoisotopic (exact) mass is 493 g/mol. The molecule has 0 spiro atoms. The van der Waals surface area contributed by atoms with Gasteiger partial charge in [-0.25, -0.2) is 9.79 Å². The van der Waals surface area contributed by atoms with E-state index in [0.29, 0.717) is 44.6 Å². The number of fused-ring (bicyclic) bond motifs is 1. The third kappa shape index (κ3) is 4.85. The van der Waals surface area contributed by atoms with Crippen molar-refractivity contribution < 1.29 is 18.7 Å². The second kappa shape index (κ2) is 10.2. The molecule has 35 heavy (non-hydrogen) atoms. The van der Waals surface area contributed by atoms with Crippen molar-refractivity contribution in [3.05, 3.63) is 91.3 Å². The largest absolute Gasteiger partial charge is 0.490 e. The zero-order chi connectivity index (χ0) is 25.1. The lowest BCUT2D eigenvalue weighted by Crippen LogP contribution is -2.39. The van der Waals surface area contributed by atoms with Crippen molar-refractivity contribution in [1.29, 1.82) is 0 Å². The average Bonchev–Trinajstić information content (AvgIpc) is 3.42. The van der Waals surface area contributed by atoms with Crippen molar-refractivity contribution in [2.75, 3.05) is 32.2 Å². The molecule has 182 valence electrons. The summed E-state index contributed by atoms with van der Waals surface area (Å²) in [5.41, 5.74) is 1.33. The number of carbonyl (C=O) groups is 1. The third-order valence-corrected chi connectivity index (χ3v) is 6.39. The lowest BCUT2D eigenvalue weighted by atomic mass is 9.96. The van der Waals surface area contributed by atoms with Crippen LogP contribution in [0.15, 0.2) is 74.5 Å². The fourth-order valence-corrected chi connectivity index (χ4v) is 4.82. The average molecular weight is 494 g/mol. The van der Waals surface area contributed by atoms with Gasteiger partial charge in [0.2, 0.25) is 0 Å². The van der Waals surface area contributed by atoms with Crippen molar-refractivity contribution in [1.82, 2.24) is 4.57 Å². The maximum Gasteiger partial charge on any atom is 0.338 e. The van der Waals surface area contributed by atoms with Crippen LogP contribution in [0.4, 0.5) is 5.88 Å². The molecular weight excluding hydrogens is 466 g/mol. The molecule has 8 nitrogen and oxygen atoms in total. The number of benzene rings is 1. The molecule has 1 atom stereocenters. The van der Waals surface area contributed by atoms with Gasteiger partial charge in [0, 0.05) is 26.2 Å². The van der Waals surface area contributed by atoms with E-state index in [1.165, 1.54) is 11.3 Å². The van der Waals surface area contributed by atoms with Crippen molar-refractivity contribution in [2.45, 2.75) is 19.9 Å². The fourth-order valence-electron chi connectivity index (χ4n) is 3.80. The van der Waals surface area contributed by atoms with Gasteiger partial charge >= 0.3 is 5.97 Å². The minimum absolute atomic E-state index is 0.216. The summed E-state index contributed by atoms with van der Waals surface area (Å²) in [6.45, 7) is 7.76. The number of aromatic nitrogens is 1. The molecule has 1 aliphatic rings. The first-order valence-electron chi connectivity index (χ1n) is 11.1. The van der Waals surface area contributed by atoms with Crippen molar-refractivity contribution in [2.24, 2.45) is 4.99 Å². The zero-order valence-corrected chi connectivity index (χ0v) is 20.9. The molecule has 3 heterocycles. The Morgan fingerprint density at radius 1 is 1.26 bits per heavy atom. The Hall–Kier alpha value is -3.85. The van der Waals surface area contributed by atoms with Crippen LogP contribution in [0, 0.1) is 0 Å². The predicted molar refractivity (Wildman–Crippen MR) is 136 cm³/mol. The summed E-state index contributed by atoms with van der Waals surface area (Å²) in [4.78, 5) is 33.5. The second-order valence-corrected chi connectivity index (χ2v) is 9.05. The highest BCUT2D eigenvalue weighted by Crippen LogP contribution is 2.31. The summed E-state index contributed by atoms with van der Waals surface area (Å²) in [5.74, 6) is 1.40. The van der Waals surface area contributed by atoms with Gasteiger partial charge < -0.3 is 18.8 Å². The van der Waals surface area contributed by atoms with E-state index in [-0.39, 0.29) is 12.2 Å². The molecule has 3 aromatic rings. The fraction of sp³-hybridized carbons (Fsp3) is 0.269. The maximum atomic E-state index is 13.6. The number of anilines is 1. The quantitative estimate of drug-likeness (QED) is 0.354. The molecule has 1 aliphatic heterocycles. The number of rotatable bonds is 8. The summed E-state index contributed by atoms with van der Waals surface area (Å²) in [5, 5.41) is 0. The molecule has 0 bridgehead atoms. The summed E-state index contributed by atoms with van der Waals surface area (Å²) < 4.78 is 18.7. The van der Waals surface area contributed by atoms with Crippen LogP contribution in [-0.4, -0.2) is 37.8 Å².